The molecule has 5 rings (SSSR count). The molecule has 0 amide bonds. The quantitative estimate of drug-likeness (QED) is 0.631. The number of aliphatic hydroxyl groups is 1. The number of benzene rings is 2. The Morgan fingerprint density at radius 2 is 1.65 bits per heavy atom. The Morgan fingerprint density at radius 3 is 2.29 bits per heavy atom. The van der Waals surface area contributed by atoms with Crippen LogP contribution in [0.15, 0.2) is 54.7 Å². The molecule has 0 bridgehead atoms. The van der Waals surface area contributed by atoms with Crippen LogP contribution in [-0.2, 0) is 18.4 Å². The van der Waals surface area contributed by atoms with Gasteiger partial charge in [0.05, 0.1) is 12.2 Å². The zero-order valence-corrected chi connectivity index (χ0v) is 18.7. The Bertz CT molecular complexity index is 1070. The molecule has 4 nitrogen and oxygen atoms in total. The molecule has 1 atom stereocenters. The van der Waals surface area contributed by atoms with Crippen LogP contribution in [0.1, 0.15) is 66.6 Å². The van der Waals surface area contributed by atoms with Gasteiger partial charge in [0.2, 0.25) is 0 Å². The van der Waals surface area contributed by atoms with Crippen LogP contribution in [0.3, 0.4) is 0 Å². The summed E-state index contributed by atoms with van der Waals surface area (Å²) in [5.74, 6) is 0.945. The molecule has 31 heavy (non-hydrogen) atoms. The third-order valence-corrected chi connectivity index (χ3v) is 7.02. The molecule has 0 radical (unpaired) electrons. The molecule has 160 valence electrons. The molecule has 2 aliphatic rings. The molecule has 1 aliphatic heterocycles. The predicted molar refractivity (Wildman–Crippen MR) is 124 cm³/mol. The van der Waals surface area contributed by atoms with Gasteiger partial charge in [-0.25, -0.2) is 9.97 Å². The molecular formula is C27H31N3O. The molecule has 4 heteroatoms. The highest BCUT2D eigenvalue weighted by Crippen LogP contribution is 2.40. The van der Waals surface area contributed by atoms with Crippen molar-refractivity contribution in [1.82, 2.24) is 9.97 Å². The minimum absolute atomic E-state index is 0.0399. The highest BCUT2D eigenvalue weighted by molar-refractivity contribution is 5.52. The number of aromatic nitrogens is 2. The SMILES string of the molecule is Cc1ccc(C(C)(C)c2ccc(N3CCc4cnc(C(O)C5CC5)nc4C3)cc2)cc1. The first-order valence-electron chi connectivity index (χ1n) is 11.4. The monoisotopic (exact) mass is 413 g/mol. The van der Waals surface area contributed by atoms with E-state index < -0.39 is 6.10 Å². The average molecular weight is 414 g/mol. The van der Waals surface area contributed by atoms with E-state index in [9.17, 15) is 5.11 Å². The number of aryl methyl sites for hydroxylation is 1. The van der Waals surface area contributed by atoms with E-state index in [2.05, 4.69) is 79.2 Å². The second-order valence-corrected chi connectivity index (χ2v) is 9.69. The molecule has 2 heterocycles. The first kappa shape index (κ1) is 20.2. The smallest absolute Gasteiger partial charge is 0.157 e. The van der Waals surface area contributed by atoms with Gasteiger partial charge < -0.3 is 10.0 Å². The fourth-order valence-electron chi connectivity index (χ4n) is 4.53. The van der Waals surface area contributed by atoms with Crippen LogP contribution in [0, 0.1) is 12.8 Å². The lowest BCUT2D eigenvalue weighted by Crippen LogP contribution is -2.32. The van der Waals surface area contributed by atoms with Gasteiger partial charge in [0.25, 0.3) is 0 Å². The predicted octanol–water partition coefficient (Wildman–Crippen LogP) is 5.12. The molecule has 2 aromatic carbocycles. The standard InChI is InChI=1S/C27H31N3O/c1-18-4-8-21(9-5-18)27(2,3)22-10-12-23(13-11-22)30-15-14-20-16-28-26(29-24(20)17-30)25(31)19-6-7-19/h4-5,8-13,16,19,25,31H,6-7,14-15,17H2,1-3H3. The van der Waals surface area contributed by atoms with Crippen LogP contribution in [-0.4, -0.2) is 21.6 Å². The highest BCUT2D eigenvalue weighted by atomic mass is 16.3. The minimum Gasteiger partial charge on any atom is -0.385 e. The third-order valence-electron chi connectivity index (χ3n) is 7.02. The first-order chi connectivity index (χ1) is 14.9. The van der Waals surface area contributed by atoms with Gasteiger partial charge in [-0.2, -0.15) is 0 Å². The van der Waals surface area contributed by atoms with E-state index in [4.69, 9.17) is 4.98 Å². The van der Waals surface area contributed by atoms with Gasteiger partial charge in [-0.3, -0.25) is 0 Å². The van der Waals surface area contributed by atoms with Gasteiger partial charge in [0.15, 0.2) is 5.82 Å². The van der Waals surface area contributed by atoms with Crippen molar-refractivity contribution < 1.29 is 5.11 Å². The van der Waals surface area contributed by atoms with Crippen molar-refractivity contribution in [2.24, 2.45) is 5.92 Å². The van der Waals surface area contributed by atoms with Crippen molar-refractivity contribution in [1.29, 1.82) is 0 Å². The number of fused-ring (bicyclic) bond motifs is 1. The van der Waals surface area contributed by atoms with Crippen LogP contribution < -0.4 is 4.90 Å². The molecule has 0 saturated heterocycles. The molecule has 1 unspecified atom stereocenters. The first-order valence-corrected chi connectivity index (χ1v) is 11.4. The van der Waals surface area contributed by atoms with Crippen molar-refractivity contribution in [3.05, 3.63) is 88.5 Å². The number of hydrogen-bond donors (Lipinski definition) is 1. The second-order valence-electron chi connectivity index (χ2n) is 9.69. The molecule has 1 aliphatic carbocycles. The maximum absolute atomic E-state index is 10.4. The summed E-state index contributed by atoms with van der Waals surface area (Å²) in [4.78, 5) is 11.6. The van der Waals surface area contributed by atoms with Crippen molar-refractivity contribution in [3.63, 3.8) is 0 Å². The summed E-state index contributed by atoms with van der Waals surface area (Å²) in [5, 5.41) is 10.4. The lowest BCUT2D eigenvalue weighted by Gasteiger charge is -2.31. The number of nitrogens with zero attached hydrogens (tertiary/aromatic N) is 3. The summed E-state index contributed by atoms with van der Waals surface area (Å²) in [7, 11) is 0. The van der Waals surface area contributed by atoms with E-state index in [1.165, 1.54) is 27.9 Å². The maximum atomic E-state index is 10.4. The topological polar surface area (TPSA) is 49.2 Å². The lowest BCUT2D eigenvalue weighted by atomic mass is 9.78. The number of hydrogen-bond acceptors (Lipinski definition) is 4. The van der Waals surface area contributed by atoms with E-state index in [0.717, 1.165) is 38.0 Å². The maximum Gasteiger partial charge on any atom is 0.157 e. The van der Waals surface area contributed by atoms with Crippen molar-refractivity contribution in [3.8, 4) is 0 Å². The van der Waals surface area contributed by atoms with Crippen LogP contribution in [0.25, 0.3) is 0 Å². The van der Waals surface area contributed by atoms with E-state index in [-0.39, 0.29) is 5.41 Å². The molecule has 3 aromatic rings. The Labute approximate surface area is 185 Å². The van der Waals surface area contributed by atoms with Gasteiger partial charge >= 0.3 is 0 Å². The summed E-state index contributed by atoms with van der Waals surface area (Å²) >= 11 is 0. The van der Waals surface area contributed by atoms with Crippen LogP contribution in [0.4, 0.5) is 5.69 Å². The van der Waals surface area contributed by atoms with E-state index in [1.807, 2.05) is 6.20 Å². The Hall–Kier alpha value is -2.72. The van der Waals surface area contributed by atoms with Gasteiger partial charge in [-0.05, 0) is 60.9 Å². The summed E-state index contributed by atoms with van der Waals surface area (Å²) in [5.41, 5.74) is 7.38. The molecule has 1 fully saturated rings. The fourth-order valence-corrected chi connectivity index (χ4v) is 4.53. The Balaban J connectivity index is 1.35. The van der Waals surface area contributed by atoms with Crippen LogP contribution >= 0.6 is 0 Å². The van der Waals surface area contributed by atoms with Crippen LogP contribution in [0.5, 0.6) is 0 Å². The van der Waals surface area contributed by atoms with E-state index >= 15 is 0 Å². The van der Waals surface area contributed by atoms with Gasteiger partial charge in [-0.15, -0.1) is 0 Å². The molecule has 1 aromatic heterocycles. The van der Waals surface area contributed by atoms with Gasteiger partial charge in [0, 0.05) is 23.8 Å². The number of aliphatic hydroxyl groups excluding tert-OH is 1. The average Bonchev–Trinajstić information content (AvgIpc) is 3.64. The van der Waals surface area contributed by atoms with Crippen molar-refractivity contribution >= 4 is 5.69 Å². The summed E-state index contributed by atoms with van der Waals surface area (Å²) in [6, 6.07) is 17.8. The summed E-state index contributed by atoms with van der Waals surface area (Å²) < 4.78 is 0. The molecular weight excluding hydrogens is 382 g/mol. The summed E-state index contributed by atoms with van der Waals surface area (Å²) in [6.07, 6.45) is 4.52. The van der Waals surface area contributed by atoms with E-state index in [0.29, 0.717) is 11.7 Å². The normalized spacial score (nSPS) is 17.4. The fraction of sp³-hybridized carbons (Fsp3) is 0.407. The van der Waals surface area contributed by atoms with E-state index in [1.54, 1.807) is 0 Å². The zero-order chi connectivity index (χ0) is 21.6. The lowest BCUT2D eigenvalue weighted by molar-refractivity contribution is 0.143. The largest absolute Gasteiger partial charge is 0.385 e. The molecule has 1 saturated carbocycles. The number of rotatable bonds is 5. The zero-order valence-electron chi connectivity index (χ0n) is 18.7. The van der Waals surface area contributed by atoms with Gasteiger partial charge in [0.1, 0.15) is 6.10 Å². The number of anilines is 1. The van der Waals surface area contributed by atoms with Crippen LogP contribution in [0.2, 0.25) is 0 Å². The molecule has 0 spiro atoms. The van der Waals surface area contributed by atoms with Crippen molar-refractivity contribution in [2.45, 2.75) is 58.1 Å². The summed E-state index contributed by atoms with van der Waals surface area (Å²) in [6.45, 7) is 8.42. The molecule has 1 N–H and O–H groups in total. The highest BCUT2D eigenvalue weighted by Gasteiger charge is 2.33. The third kappa shape index (κ3) is 3.97. The Kier molecular flexibility index (Phi) is 5.05. The van der Waals surface area contributed by atoms with Crippen molar-refractivity contribution in [2.75, 3.05) is 11.4 Å². The van der Waals surface area contributed by atoms with Gasteiger partial charge in [-0.1, -0.05) is 55.8 Å². The Morgan fingerprint density at radius 1 is 1.00 bits per heavy atom. The second kappa shape index (κ2) is 7.76. The minimum atomic E-state index is -0.510.